The molecule has 0 aliphatic carbocycles. The van der Waals surface area contributed by atoms with Crippen LogP contribution in [-0.4, -0.2) is 12.0 Å². The minimum Gasteiger partial charge on any atom is -0.388 e. The Balaban J connectivity index is 3.38. The summed E-state index contributed by atoms with van der Waals surface area (Å²) in [7, 11) is 1.71. The summed E-state index contributed by atoms with van der Waals surface area (Å²) in [6, 6.07) is 3.23. The number of hydrogen-bond donors (Lipinski definition) is 1. The van der Waals surface area contributed by atoms with Crippen LogP contribution in [0.15, 0.2) is 12.1 Å². The monoisotopic (exact) mass is 200 g/mol. The Morgan fingerprint density at radius 1 is 1.54 bits per heavy atom. The van der Waals surface area contributed by atoms with Crippen LogP contribution in [0.3, 0.4) is 0 Å². The highest BCUT2D eigenvalue weighted by Crippen LogP contribution is 2.32. The zero-order valence-electron chi connectivity index (χ0n) is 7.30. The van der Waals surface area contributed by atoms with Crippen molar-refractivity contribution in [2.75, 3.05) is 12.4 Å². The van der Waals surface area contributed by atoms with Crippen LogP contribution in [0.4, 0.5) is 11.4 Å². The summed E-state index contributed by atoms with van der Waals surface area (Å²) >= 11 is 5.68. The van der Waals surface area contributed by atoms with Crippen molar-refractivity contribution in [3.63, 3.8) is 0 Å². The first-order valence-electron chi connectivity index (χ1n) is 3.69. The smallest absolute Gasteiger partial charge is 0.292 e. The second-order valence-electron chi connectivity index (χ2n) is 2.58. The highest BCUT2D eigenvalue weighted by molar-refractivity contribution is 6.33. The number of nitro benzene ring substituents is 1. The molecule has 0 saturated heterocycles. The number of nitrogens with one attached hydrogen (secondary N) is 1. The molecule has 0 radical (unpaired) electrons. The Hall–Kier alpha value is -1.29. The number of rotatable bonds is 2. The molecule has 0 unspecified atom stereocenters. The van der Waals surface area contributed by atoms with Gasteiger partial charge in [-0.25, -0.2) is 0 Å². The van der Waals surface area contributed by atoms with E-state index in [2.05, 4.69) is 5.32 Å². The van der Waals surface area contributed by atoms with Crippen LogP contribution in [0, 0.1) is 17.0 Å². The van der Waals surface area contributed by atoms with E-state index in [0.29, 0.717) is 5.56 Å². The molecule has 0 amide bonds. The van der Waals surface area contributed by atoms with Gasteiger partial charge in [-0.2, -0.15) is 0 Å². The number of benzene rings is 1. The van der Waals surface area contributed by atoms with Crippen LogP contribution in [0.25, 0.3) is 0 Å². The summed E-state index contributed by atoms with van der Waals surface area (Å²) in [5, 5.41) is 13.6. The average molecular weight is 201 g/mol. The highest BCUT2D eigenvalue weighted by atomic mass is 35.5. The van der Waals surface area contributed by atoms with Gasteiger partial charge in [-0.05, 0) is 19.1 Å². The molecule has 4 nitrogen and oxygen atoms in total. The minimum atomic E-state index is -0.474. The van der Waals surface area contributed by atoms with Crippen LogP contribution in [0.1, 0.15) is 5.56 Å². The maximum Gasteiger partial charge on any atom is 0.292 e. The third kappa shape index (κ3) is 1.72. The lowest BCUT2D eigenvalue weighted by atomic mass is 10.1. The maximum atomic E-state index is 10.6. The quantitative estimate of drug-likeness (QED) is 0.590. The van der Waals surface area contributed by atoms with E-state index in [1.165, 1.54) is 6.07 Å². The van der Waals surface area contributed by atoms with Crippen molar-refractivity contribution in [3.8, 4) is 0 Å². The number of nitrogens with zero attached hydrogens (tertiary/aromatic N) is 1. The number of nitro groups is 1. The molecule has 0 saturated carbocycles. The van der Waals surface area contributed by atoms with Gasteiger partial charge in [0.25, 0.3) is 5.69 Å². The molecule has 70 valence electrons. The molecule has 0 aliphatic rings. The Morgan fingerprint density at radius 2 is 2.15 bits per heavy atom. The lowest BCUT2D eigenvalue weighted by Gasteiger charge is -2.05. The predicted octanol–water partition coefficient (Wildman–Crippen LogP) is 2.60. The largest absolute Gasteiger partial charge is 0.388 e. The first-order chi connectivity index (χ1) is 6.07. The first kappa shape index (κ1) is 9.80. The van der Waals surface area contributed by atoms with Crippen molar-refractivity contribution in [3.05, 3.63) is 32.8 Å². The van der Waals surface area contributed by atoms with E-state index in [4.69, 9.17) is 11.6 Å². The third-order valence-corrected chi connectivity index (χ3v) is 2.14. The van der Waals surface area contributed by atoms with E-state index in [-0.39, 0.29) is 10.7 Å². The van der Waals surface area contributed by atoms with E-state index in [1.54, 1.807) is 20.0 Å². The molecule has 0 heterocycles. The molecule has 0 fully saturated rings. The fraction of sp³-hybridized carbons (Fsp3) is 0.250. The Morgan fingerprint density at radius 3 is 2.62 bits per heavy atom. The van der Waals surface area contributed by atoms with Gasteiger partial charge >= 0.3 is 0 Å². The molecular formula is C8H9ClN2O2. The van der Waals surface area contributed by atoms with Gasteiger partial charge in [-0.1, -0.05) is 11.6 Å². The number of hydrogen-bond acceptors (Lipinski definition) is 3. The van der Waals surface area contributed by atoms with Gasteiger partial charge in [0.15, 0.2) is 0 Å². The summed E-state index contributed by atoms with van der Waals surface area (Å²) in [5.41, 5.74) is 1.24. The molecule has 0 aliphatic heterocycles. The van der Waals surface area contributed by atoms with E-state index in [0.717, 1.165) is 5.69 Å². The van der Waals surface area contributed by atoms with Crippen molar-refractivity contribution in [2.45, 2.75) is 6.92 Å². The lowest BCUT2D eigenvalue weighted by Crippen LogP contribution is -1.97. The van der Waals surface area contributed by atoms with Gasteiger partial charge in [-0.3, -0.25) is 10.1 Å². The molecule has 13 heavy (non-hydrogen) atoms. The van der Waals surface area contributed by atoms with Gasteiger partial charge in [0.1, 0.15) is 5.02 Å². The van der Waals surface area contributed by atoms with Crippen LogP contribution >= 0.6 is 11.6 Å². The topological polar surface area (TPSA) is 55.2 Å². The minimum absolute atomic E-state index is 0.0338. The van der Waals surface area contributed by atoms with Crippen LogP contribution in [0.5, 0.6) is 0 Å². The second-order valence-corrected chi connectivity index (χ2v) is 2.98. The summed E-state index contributed by atoms with van der Waals surface area (Å²) in [4.78, 5) is 10.1. The zero-order chi connectivity index (χ0) is 10.0. The first-order valence-corrected chi connectivity index (χ1v) is 4.07. The predicted molar refractivity (Wildman–Crippen MR) is 52.4 cm³/mol. The van der Waals surface area contributed by atoms with Crippen molar-refractivity contribution < 1.29 is 4.92 Å². The molecule has 1 aromatic rings. The lowest BCUT2D eigenvalue weighted by molar-refractivity contribution is -0.385. The van der Waals surface area contributed by atoms with Gasteiger partial charge in [0.05, 0.1) is 10.5 Å². The molecule has 5 heteroatoms. The Labute approximate surface area is 80.7 Å². The van der Waals surface area contributed by atoms with Crippen LogP contribution < -0.4 is 5.32 Å². The van der Waals surface area contributed by atoms with E-state index >= 15 is 0 Å². The van der Waals surface area contributed by atoms with Gasteiger partial charge in [0, 0.05) is 12.7 Å². The second kappa shape index (κ2) is 3.62. The standard InChI is InChI=1S/C8H9ClN2O2/c1-5-7(10-2)4-3-6(9)8(5)11(12)13/h3-4,10H,1-2H3. The van der Waals surface area contributed by atoms with E-state index in [9.17, 15) is 10.1 Å². The number of halogens is 1. The normalized spacial score (nSPS) is 9.77. The number of anilines is 1. The van der Waals surface area contributed by atoms with Crippen molar-refractivity contribution in [1.82, 2.24) is 0 Å². The molecule has 1 N–H and O–H groups in total. The van der Waals surface area contributed by atoms with E-state index < -0.39 is 4.92 Å². The molecule has 0 atom stereocenters. The summed E-state index contributed by atoms with van der Waals surface area (Å²) in [5.74, 6) is 0. The molecular weight excluding hydrogens is 192 g/mol. The van der Waals surface area contributed by atoms with Crippen molar-refractivity contribution in [2.24, 2.45) is 0 Å². The molecule has 1 rings (SSSR count). The molecule has 0 aromatic heterocycles. The van der Waals surface area contributed by atoms with Crippen LogP contribution in [0.2, 0.25) is 5.02 Å². The molecule has 0 bridgehead atoms. The average Bonchev–Trinajstić information content (AvgIpc) is 2.04. The molecule has 0 spiro atoms. The van der Waals surface area contributed by atoms with Gasteiger partial charge in [-0.15, -0.1) is 0 Å². The Bertz CT molecular complexity index is 352. The Kier molecular flexibility index (Phi) is 2.72. The fourth-order valence-corrected chi connectivity index (χ4v) is 1.44. The van der Waals surface area contributed by atoms with Crippen molar-refractivity contribution in [1.29, 1.82) is 0 Å². The summed E-state index contributed by atoms with van der Waals surface area (Å²) in [6.45, 7) is 1.66. The molecule has 1 aromatic carbocycles. The highest BCUT2D eigenvalue weighted by Gasteiger charge is 2.17. The zero-order valence-corrected chi connectivity index (χ0v) is 8.05. The summed E-state index contributed by atoms with van der Waals surface area (Å²) < 4.78 is 0. The SMILES string of the molecule is CNc1ccc(Cl)c([N+](=O)[O-])c1C. The van der Waals surface area contributed by atoms with Crippen molar-refractivity contribution >= 4 is 23.0 Å². The maximum absolute atomic E-state index is 10.6. The van der Waals surface area contributed by atoms with Crippen LogP contribution in [-0.2, 0) is 0 Å². The van der Waals surface area contributed by atoms with Gasteiger partial charge < -0.3 is 5.32 Å². The van der Waals surface area contributed by atoms with Gasteiger partial charge in [0.2, 0.25) is 0 Å². The summed E-state index contributed by atoms with van der Waals surface area (Å²) in [6.07, 6.45) is 0. The van der Waals surface area contributed by atoms with E-state index in [1.807, 2.05) is 0 Å². The third-order valence-electron chi connectivity index (χ3n) is 1.83. The fourth-order valence-electron chi connectivity index (χ4n) is 1.16.